The Hall–Kier alpha value is -2.63. The molecule has 0 bridgehead atoms. The van der Waals surface area contributed by atoms with Gasteiger partial charge in [0.2, 0.25) is 11.8 Å². The number of hydrogen-bond donors (Lipinski definition) is 1. The molecule has 4 aliphatic rings. The maximum absolute atomic E-state index is 13.7. The van der Waals surface area contributed by atoms with Crippen LogP contribution in [-0.2, 0) is 23.9 Å². The number of allylic oxidation sites excluding steroid dienone is 2. The third-order valence-electron chi connectivity index (χ3n) is 7.91. The van der Waals surface area contributed by atoms with E-state index in [0.717, 1.165) is 12.0 Å². The highest BCUT2D eigenvalue weighted by Gasteiger charge is 2.76. The molecule has 10 nitrogen and oxygen atoms in total. The molecule has 37 heavy (non-hydrogen) atoms. The number of phenols is 1. The van der Waals surface area contributed by atoms with Gasteiger partial charge in [-0.05, 0) is 36.5 Å². The summed E-state index contributed by atoms with van der Waals surface area (Å²) in [6.45, 7) is 0. The smallest absolute Gasteiger partial charge is 0.423 e. The number of carbonyl (C=O) groups is 5. The van der Waals surface area contributed by atoms with Crippen LogP contribution < -0.4 is 4.74 Å². The first-order valence-electron chi connectivity index (χ1n) is 11.3. The summed E-state index contributed by atoms with van der Waals surface area (Å²) in [6, 6.07) is 4.46. The number of fused-ring (bicyclic) bond motifs is 4. The summed E-state index contributed by atoms with van der Waals surface area (Å²) >= 11 is 17.3. The monoisotopic (exact) mass is 614 g/mol. The highest BCUT2D eigenvalue weighted by Crippen LogP contribution is 2.65. The highest BCUT2D eigenvalue weighted by atomic mass is 79.9. The molecule has 0 unspecified atom stereocenters. The Balaban J connectivity index is 1.72. The van der Waals surface area contributed by atoms with Crippen molar-refractivity contribution >= 4 is 68.9 Å². The molecule has 2 aliphatic carbocycles. The Labute approximate surface area is 229 Å². The van der Waals surface area contributed by atoms with E-state index in [1.807, 2.05) is 0 Å². The molecule has 1 aromatic rings. The number of aromatic hydroxyl groups is 1. The first kappa shape index (κ1) is 26.0. The zero-order valence-corrected chi connectivity index (χ0v) is 22.7. The van der Waals surface area contributed by atoms with Gasteiger partial charge in [-0.2, -0.15) is 4.90 Å². The lowest BCUT2D eigenvalue weighted by atomic mass is 9.56. The molecule has 0 aromatic heterocycles. The van der Waals surface area contributed by atoms with Crippen LogP contribution in [0.15, 0.2) is 29.8 Å². The van der Waals surface area contributed by atoms with Crippen LogP contribution in [0.2, 0.25) is 0 Å². The van der Waals surface area contributed by atoms with Gasteiger partial charge < -0.3 is 14.6 Å². The van der Waals surface area contributed by atoms with Crippen LogP contribution in [-0.4, -0.2) is 74.1 Å². The number of rotatable bonds is 3. The van der Waals surface area contributed by atoms with Crippen molar-refractivity contribution in [3.05, 3.63) is 35.4 Å². The van der Waals surface area contributed by atoms with E-state index >= 15 is 0 Å². The average molecular weight is 616 g/mol. The number of ether oxygens (including phenoxy) is 2. The number of nitrogens with zero attached hydrogens (tertiary/aromatic N) is 2. The molecule has 2 saturated heterocycles. The van der Waals surface area contributed by atoms with Crippen molar-refractivity contribution in [1.29, 1.82) is 0 Å². The minimum Gasteiger partial charge on any atom is -0.504 e. The molecule has 5 amide bonds. The molecule has 6 atom stereocenters. The molecule has 13 heteroatoms. The van der Waals surface area contributed by atoms with E-state index in [1.54, 1.807) is 12.1 Å². The summed E-state index contributed by atoms with van der Waals surface area (Å²) in [6.07, 6.45) is 0.507. The standard InChI is InChI=1S/C24H21BrCl2N2O8/c1-36-15-6-3-10(7-14(15)30)17-11-4-5-12-16(19(32)29(18(12)31)22(35)37-2)13(11)8-23(26)20(33)28(9-25)21(34)24(17,23)27/h3-4,6-7,12-13,16-17,30H,5,8-9H2,1-2H3/t12-,13+,16-,17-,23+,24-/m0/s1. The number of alkyl halides is 3. The molecule has 0 spiro atoms. The van der Waals surface area contributed by atoms with E-state index in [-0.39, 0.29) is 29.8 Å². The summed E-state index contributed by atoms with van der Waals surface area (Å²) in [5.41, 5.74) is 0.742. The zero-order valence-electron chi connectivity index (χ0n) is 19.6. The van der Waals surface area contributed by atoms with Crippen LogP contribution in [0.4, 0.5) is 4.79 Å². The van der Waals surface area contributed by atoms with E-state index in [4.69, 9.17) is 27.9 Å². The van der Waals surface area contributed by atoms with Crippen molar-refractivity contribution in [2.45, 2.75) is 28.5 Å². The average Bonchev–Trinajstić information content (AvgIpc) is 3.21. The van der Waals surface area contributed by atoms with Crippen LogP contribution >= 0.6 is 39.1 Å². The van der Waals surface area contributed by atoms with Gasteiger partial charge in [0.25, 0.3) is 11.8 Å². The number of hydrogen-bond acceptors (Lipinski definition) is 8. The van der Waals surface area contributed by atoms with Gasteiger partial charge in [0.15, 0.2) is 21.2 Å². The topological polar surface area (TPSA) is 131 Å². The van der Waals surface area contributed by atoms with Crippen molar-refractivity contribution < 1.29 is 38.6 Å². The van der Waals surface area contributed by atoms with Crippen molar-refractivity contribution in [3.63, 3.8) is 0 Å². The molecule has 1 aromatic carbocycles. The van der Waals surface area contributed by atoms with Gasteiger partial charge in [0.1, 0.15) is 0 Å². The molecule has 3 fully saturated rings. The third-order valence-corrected chi connectivity index (χ3v) is 9.82. The summed E-state index contributed by atoms with van der Waals surface area (Å²) < 4.78 is 9.77. The number of likely N-dealkylation sites (tertiary alicyclic amines) is 2. The Morgan fingerprint density at radius 2 is 1.84 bits per heavy atom. The van der Waals surface area contributed by atoms with Crippen molar-refractivity contribution in [3.8, 4) is 11.5 Å². The highest BCUT2D eigenvalue weighted by molar-refractivity contribution is 9.09. The minimum absolute atomic E-state index is 0.0970. The van der Waals surface area contributed by atoms with Crippen LogP contribution in [0.1, 0.15) is 24.3 Å². The molecule has 1 N–H and O–H groups in total. The number of methoxy groups -OCH3 is 2. The van der Waals surface area contributed by atoms with Crippen LogP contribution in [0.5, 0.6) is 11.5 Å². The second-order valence-corrected chi connectivity index (χ2v) is 11.1. The number of benzene rings is 1. The van der Waals surface area contributed by atoms with E-state index < -0.39 is 63.1 Å². The van der Waals surface area contributed by atoms with Gasteiger partial charge in [-0.15, -0.1) is 23.2 Å². The molecule has 5 rings (SSSR count). The summed E-state index contributed by atoms with van der Waals surface area (Å²) in [5.74, 6) is -6.69. The van der Waals surface area contributed by atoms with Crippen molar-refractivity contribution in [2.75, 3.05) is 19.7 Å². The van der Waals surface area contributed by atoms with Gasteiger partial charge in [-0.25, -0.2) is 4.79 Å². The first-order valence-corrected chi connectivity index (χ1v) is 13.2. The minimum atomic E-state index is -2.00. The fraction of sp³-hybridized carbons (Fsp3) is 0.458. The molecule has 2 aliphatic heterocycles. The van der Waals surface area contributed by atoms with Gasteiger partial charge in [-0.3, -0.25) is 24.1 Å². The molecular weight excluding hydrogens is 595 g/mol. The van der Waals surface area contributed by atoms with E-state index in [9.17, 15) is 29.1 Å². The Morgan fingerprint density at radius 1 is 1.14 bits per heavy atom. The summed E-state index contributed by atoms with van der Waals surface area (Å²) in [4.78, 5) is 63.2. The van der Waals surface area contributed by atoms with Crippen LogP contribution in [0.25, 0.3) is 0 Å². The lowest BCUT2D eigenvalue weighted by Gasteiger charge is -2.50. The molecule has 196 valence electrons. The Kier molecular flexibility index (Phi) is 6.12. The molecule has 2 heterocycles. The summed E-state index contributed by atoms with van der Waals surface area (Å²) in [7, 11) is 2.44. The van der Waals surface area contributed by atoms with Gasteiger partial charge in [0.05, 0.1) is 31.5 Å². The first-order chi connectivity index (χ1) is 17.5. The largest absolute Gasteiger partial charge is 0.504 e. The maximum Gasteiger partial charge on any atom is 0.423 e. The third kappa shape index (κ3) is 3.20. The zero-order chi connectivity index (χ0) is 27.0. The number of imide groups is 4. The Bertz CT molecular complexity index is 1300. The van der Waals surface area contributed by atoms with E-state index in [1.165, 1.54) is 19.2 Å². The maximum atomic E-state index is 13.7. The Morgan fingerprint density at radius 3 is 2.43 bits per heavy atom. The van der Waals surface area contributed by atoms with E-state index in [2.05, 4.69) is 20.7 Å². The van der Waals surface area contributed by atoms with Gasteiger partial charge >= 0.3 is 6.09 Å². The van der Waals surface area contributed by atoms with Crippen LogP contribution in [0, 0.1) is 17.8 Å². The summed E-state index contributed by atoms with van der Waals surface area (Å²) in [5, 5.41) is 10.5. The predicted octanol–water partition coefficient (Wildman–Crippen LogP) is 2.88. The molecular formula is C24H21BrCl2N2O8. The lowest BCUT2D eigenvalue weighted by Crippen LogP contribution is -2.60. The van der Waals surface area contributed by atoms with Crippen LogP contribution in [0.3, 0.4) is 0 Å². The van der Waals surface area contributed by atoms with Gasteiger partial charge in [0, 0.05) is 5.92 Å². The molecule has 0 radical (unpaired) electrons. The second kappa shape index (κ2) is 8.71. The van der Waals surface area contributed by atoms with Gasteiger partial charge in [-0.1, -0.05) is 33.6 Å². The normalized spacial score (nSPS) is 34.7. The fourth-order valence-corrected chi connectivity index (χ4v) is 7.71. The number of halogens is 3. The van der Waals surface area contributed by atoms with Crippen molar-refractivity contribution in [2.24, 2.45) is 17.8 Å². The quantitative estimate of drug-likeness (QED) is 0.238. The number of carbonyl (C=O) groups excluding carboxylic acids is 5. The predicted molar refractivity (Wildman–Crippen MR) is 132 cm³/mol. The SMILES string of the molecule is COC(=O)N1C(=O)[C@H]2[C@H](CC=C3[C@H]2C[C@@]2(Cl)C(=O)N(CBr)C(=O)[C@@]2(Cl)[C@H]3c2ccc(OC)c(O)c2)C1=O. The fourth-order valence-electron chi connectivity index (χ4n) is 6.28. The number of phenolic OH excluding ortho intramolecular Hbond substituents is 1. The number of amides is 5. The second-order valence-electron chi connectivity index (χ2n) is 9.40. The molecule has 1 saturated carbocycles. The van der Waals surface area contributed by atoms with E-state index in [0.29, 0.717) is 16.0 Å². The lowest BCUT2D eigenvalue weighted by molar-refractivity contribution is -0.140. The van der Waals surface area contributed by atoms with Crippen molar-refractivity contribution in [1.82, 2.24) is 9.80 Å².